The van der Waals surface area contributed by atoms with Crippen LogP contribution in [0.4, 0.5) is 5.69 Å². The minimum absolute atomic E-state index is 0.00681. The number of aliphatic carboxylic acids is 3. The van der Waals surface area contributed by atoms with Crippen molar-refractivity contribution in [3.63, 3.8) is 0 Å². The van der Waals surface area contributed by atoms with E-state index in [2.05, 4.69) is 5.09 Å². The second-order valence-corrected chi connectivity index (χ2v) is 8.98. The summed E-state index contributed by atoms with van der Waals surface area (Å²) in [4.78, 5) is 46.2. The number of nitrogen functional groups attached to an aromatic ring is 1. The third-order valence-corrected chi connectivity index (χ3v) is 6.89. The number of hydrogen-bond acceptors (Lipinski definition) is 7. The third-order valence-electron chi connectivity index (χ3n) is 4.31. The molecule has 172 valence electrons. The number of nitrogens with one attached hydrogen (secondary N) is 1. The zero-order valence-corrected chi connectivity index (χ0v) is 17.9. The fourth-order valence-electron chi connectivity index (χ4n) is 2.91. The Morgan fingerprint density at radius 3 is 2.10 bits per heavy atom. The lowest BCUT2D eigenvalue weighted by atomic mass is 10.0. The Kier molecular flexibility index (Phi) is 10.3. The van der Waals surface area contributed by atoms with E-state index >= 15 is 0 Å². The van der Waals surface area contributed by atoms with E-state index in [1.165, 1.54) is 31.2 Å². The molecule has 0 saturated carbocycles. The normalized spacial score (nSPS) is 14.9. The Balaban J connectivity index is 3.34. The SMILES string of the molecule is CCOP(=O)(N[C@@H](CCC(=O)O)C(=O)O)C(C(=O)CCCC(=O)O)c1ccc(N)cc1. The van der Waals surface area contributed by atoms with Crippen molar-refractivity contribution < 1.29 is 43.6 Å². The molecule has 0 radical (unpaired) electrons. The lowest BCUT2D eigenvalue weighted by Crippen LogP contribution is -2.38. The molecule has 0 aliphatic heterocycles. The zero-order chi connectivity index (χ0) is 23.6. The summed E-state index contributed by atoms with van der Waals surface area (Å²) >= 11 is 0. The molecule has 0 amide bonds. The molecule has 0 aromatic heterocycles. The number of carbonyl (C=O) groups is 4. The number of hydrogen-bond donors (Lipinski definition) is 5. The van der Waals surface area contributed by atoms with Gasteiger partial charge in [0.25, 0.3) is 7.52 Å². The highest BCUT2D eigenvalue weighted by Gasteiger charge is 2.43. The smallest absolute Gasteiger partial charge is 0.321 e. The summed E-state index contributed by atoms with van der Waals surface area (Å²) in [7, 11) is -4.22. The number of anilines is 1. The highest BCUT2D eigenvalue weighted by molar-refractivity contribution is 7.58. The maximum atomic E-state index is 13.8. The fraction of sp³-hybridized carbons (Fsp3) is 0.474. The van der Waals surface area contributed by atoms with E-state index in [-0.39, 0.29) is 37.9 Å². The molecule has 0 aliphatic carbocycles. The van der Waals surface area contributed by atoms with E-state index in [4.69, 9.17) is 20.5 Å². The molecule has 3 atom stereocenters. The van der Waals surface area contributed by atoms with Crippen LogP contribution in [0.3, 0.4) is 0 Å². The average Bonchev–Trinajstić information content (AvgIpc) is 2.66. The van der Waals surface area contributed by atoms with Crippen LogP contribution in [-0.2, 0) is 28.3 Å². The molecule has 1 aromatic carbocycles. The van der Waals surface area contributed by atoms with Crippen molar-refractivity contribution in [1.82, 2.24) is 5.09 Å². The first-order chi connectivity index (χ1) is 14.5. The van der Waals surface area contributed by atoms with Crippen molar-refractivity contribution in [2.45, 2.75) is 50.7 Å². The van der Waals surface area contributed by atoms with Crippen LogP contribution in [0.5, 0.6) is 0 Å². The van der Waals surface area contributed by atoms with Crippen LogP contribution in [0, 0.1) is 0 Å². The fourth-order valence-corrected chi connectivity index (χ4v) is 5.41. The molecule has 0 heterocycles. The van der Waals surface area contributed by atoms with Gasteiger partial charge in [-0.15, -0.1) is 0 Å². The van der Waals surface area contributed by atoms with Gasteiger partial charge in [-0.05, 0) is 37.5 Å². The van der Waals surface area contributed by atoms with Crippen molar-refractivity contribution in [3.05, 3.63) is 29.8 Å². The summed E-state index contributed by atoms with van der Waals surface area (Å²) in [6.07, 6.45) is -1.40. The lowest BCUT2D eigenvalue weighted by Gasteiger charge is -2.29. The van der Waals surface area contributed by atoms with Crippen molar-refractivity contribution >= 4 is 36.9 Å². The molecule has 1 rings (SSSR count). The Labute approximate surface area is 179 Å². The van der Waals surface area contributed by atoms with Gasteiger partial charge in [0.15, 0.2) is 5.78 Å². The highest BCUT2D eigenvalue weighted by Crippen LogP contribution is 2.58. The first-order valence-corrected chi connectivity index (χ1v) is 11.3. The molecule has 0 aliphatic rings. The number of carboxylic acid groups (broad SMARTS) is 3. The van der Waals surface area contributed by atoms with E-state index in [0.717, 1.165) is 0 Å². The summed E-state index contributed by atoms with van der Waals surface area (Å²) in [6.45, 7) is 1.39. The molecule has 2 unspecified atom stereocenters. The maximum absolute atomic E-state index is 13.8. The minimum Gasteiger partial charge on any atom is -0.481 e. The van der Waals surface area contributed by atoms with E-state index in [1.54, 1.807) is 0 Å². The molecular formula is C19H27N2O9P. The van der Waals surface area contributed by atoms with Gasteiger partial charge in [-0.2, -0.15) is 0 Å². The molecule has 0 saturated heterocycles. The standard InChI is InChI=1S/C19H27N2O9P/c1-2-30-31(29,21-14(19(27)28)10-11-17(25)26)18(12-6-8-13(20)9-7-12)15(22)4-3-5-16(23)24/h6-9,14,18H,2-5,10-11,20H2,1H3,(H,21,29)(H,23,24)(H,25,26)(H,27,28)/t14-,18?,31?/m0/s1. The molecule has 0 fully saturated rings. The first kappa shape index (κ1) is 26.3. The van der Waals surface area contributed by atoms with Crippen LogP contribution in [0.15, 0.2) is 24.3 Å². The Hall–Kier alpha value is -2.75. The molecule has 31 heavy (non-hydrogen) atoms. The monoisotopic (exact) mass is 458 g/mol. The van der Waals surface area contributed by atoms with Crippen LogP contribution >= 0.6 is 7.52 Å². The van der Waals surface area contributed by atoms with E-state index in [0.29, 0.717) is 5.69 Å². The van der Waals surface area contributed by atoms with Crippen LogP contribution < -0.4 is 10.8 Å². The number of carbonyl (C=O) groups excluding carboxylic acids is 1. The predicted octanol–water partition coefficient (Wildman–Crippen LogP) is 2.27. The molecule has 0 bridgehead atoms. The first-order valence-electron chi connectivity index (χ1n) is 9.56. The molecule has 1 aromatic rings. The minimum atomic E-state index is -4.22. The maximum Gasteiger partial charge on any atom is 0.321 e. The summed E-state index contributed by atoms with van der Waals surface area (Å²) in [5, 5.41) is 29.5. The predicted molar refractivity (Wildman–Crippen MR) is 111 cm³/mol. The lowest BCUT2D eigenvalue weighted by molar-refractivity contribution is -0.141. The van der Waals surface area contributed by atoms with Gasteiger partial charge in [0, 0.05) is 24.9 Å². The van der Waals surface area contributed by atoms with Crippen LogP contribution in [0.25, 0.3) is 0 Å². The van der Waals surface area contributed by atoms with Crippen LogP contribution in [0.1, 0.15) is 50.3 Å². The van der Waals surface area contributed by atoms with Crippen LogP contribution in [0.2, 0.25) is 0 Å². The Morgan fingerprint density at radius 2 is 1.61 bits per heavy atom. The Morgan fingerprint density at radius 1 is 1.03 bits per heavy atom. The van der Waals surface area contributed by atoms with Gasteiger partial charge in [0.05, 0.1) is 6.61 Å². The van der Waals surface area contributed by atoms with Gasteiger partial charge in [-0.3, -0.25) is 23.7 Å². The number of benzene rings is 1. The molecule has 11 nitrogen and oxygen atoms in total. The van der Waals surface area contributed by atoms with Gasteiger partial charge >= 0.3 is 17.9 Å². The van der Waals surface area contributed by atoms with Gasteiger partial charge in [0.1, 0.15) is 11.7 Å². The average molecular weight is 458 g/mol. The number of carboxylic acids is 3. The highest BCUT2D eigenvalue weighted by atomic mass is 31.2. The molecule has 12 heteroatoms. The summed E-state index contributed by atoms with van der Waals surface area (Å²) in [5.41, 5.74) is 4.88. The van der Waals surface area contributed by atoms with Crippen LogP contribution in [-0.4, -0.2) is 51.7 Å². The largest absolute Gasteiger partial charge is 0.481 e. The molecule has 0 spiro atoms. The molecular weight excluding hydrogens is 431 g/mol. The van der Waals surface area contributed by atoms with Gasteiger partial charge in [-0.25, -0.2) is 5.09 Å². The number of Topliss-reactive ketones (excluding diaryl/α,β-unsaturated/α-hetero) is 1. The van der Waals surface area contributed by atoms with E-state index < -0.39 is 49.3 Å². The van der Waals surface area contributed by atoms with Crippen molar-refractivity contribution in [2.75, 3.05) is 12.3 Å². The van der Waals surface area contributed by atoms with E-state index in [9.17, 15) is 28.8 Å². The quantitative estimate of drug-likeness (QED) is 0.191. The number of rotatable bonds is 15. The summed E-state index contributed by atoms with van der Waals surface area (Å²) < 4.78 is 19.2. The number of nitrogens with two attached hydrogens (primary N) is 1. The topological polar surface area (TPSA) is 193 Å². The van der Waals surface area contributed by atoms with Crippen molar-refractivity contribution in [2.24, 2.45) is 0 Å². The second kappa shape index (κ2) is 12.2. The zero-order valence-electron chi connectivity index (χ0n) is 17.0. The summed E-state index contributed by atoms with van der Waals surface area (Å²) in [6, 6.07) is 4.31. The van der Waals surface area contributed by atoms with Gasteiger partial charge in [0.2, 0.25) is 0 Å². The van der Waals surface area contributed by atoms with Gasteiger partial charge in [-0.1, -0.05) is 12.1 Å². The van der Waals surface area contributed by atoms with Gasteiger partial charge < -0.3 is 25.6 Å². The van der Waals surface area contributed by atoms with Crippen molar-refractivity contribution in [3.8, 4) is 0 Å². The molecule has 6 N–H and O–H groups in total. The number of ketones is 1. The van der Waals surface area contributed by atoms with E-state index in [1.807, 2.05) is 0 Å². The Bertz CT molecular complexity index is 841. The third kappa shape index (κ3) is 8.49. The van der Waals surface area contributed by atoms with Crippen molar-refractivity contribution in [1.29, 1.82) is 0 Å². The second-order valence-electron chi connectivity index (χ2n) is 6.75. The summed E-state index contributed by atoms with van der Waals surface area (Å²) in [5.74, 6) is -4.38.